The molecule has 0 saturated carbocycles. The number of hydrogen-bond acceptors (Lipinski definition) is 6. The molecule has 1 aliphatic rings. The summed E-state index contributed by atoms with van der Waals surface area (Å²) in [6, 6.07) is 7.76. The highest BCUT2D eigenvalue weighted by atomic mass is 16.6. The second-order valence-electron chi connectivity index (χ2n) is 8.86. The Kier molecular flexibility index (Phi) is 7.10. The van der Waals surface area contributed by atoms with Crippen molar-refractivity contribution in [1.82, 2.24) is 14.8 Å². The molecule has 0 aliphatic carbocycles. The second kappa shape index (κ2) is 9.60. The van der Waals surface area contributed by atoms with Gasteiger partial charge in [-0.25, -0.2) is 9.59 Å². The number of carbonyl (C=O) groups excluding carboxylic acids is 2. The van der Waals surface area contributed by atoms with Crippen LogP contribution in [0, 0.1) is 0 Å². The molecule has 8 nitrogen and oxygen atoms in total. The number of benzene rings is 1. The van der Waals surface area contributed by atoms with Crippen molar-refractivity contribution in [2.75, 3.05) is 33.9 Å². The Morgan fingerprint density at radius 1 is 1.10 bits per heavy atom. The number of alkyl carbamates (subject to hydrolysis) is 1. The molecular formula is C23H33N3O5. The van der Waals surface area contributed by atoms with Crippen LogP contribution < -0.4 is 10.1 Å². The van der Waals surface area contributed by atoms with Crippen molar-refractivity contribution in [3.8, 4) is 5.75 Å². The minimum Gasteiger partial charge on any atom is -0.497 e. The average molecular weight is 432 g/mol. The van der Waals surface area contributed by atoms with Crippen LogP contribution in [0.5, 0.6) is 5.75 Å². The number of fused-ring (bicyclic) bond motifs is 1. The van der Waals surface area contributed by atoms with Crippen LogP contribution in [0.3, 0.4) is 0 Å². The van der Waals surface area contributed by atoms with Crippen molar-refractivity contribution < 1.29 is 23.8 Å². The molecule has 1 fully saturated rings. The molecule has 2 heterocycles. The number of methoxy groups -OCH3 is 2. The summed E-state index contributed by atoms with van der Waals surface area (Å²) in [6.07, 6.45) is 1.37. The molecular weight excluding hydrogens is 398 g/mol. The van der Waals surface area contributed by atoms with E-state index in [2.05, 4.69) is 10.2 Å². The normalized spacial score (nSPS) is 15.6. The zero-order valence-corrected chi connectivity index (χ0v) is 19.1. The number of aromatic nitrogens is 1. The van der Waals surface area contributed by atoms with E-state index in [1.165, 1.54) is 7.11 Å². The molecule has 2 aromatic rings. The Labute approximate surface area is 183 Å². The second-order valence-corrected chi connectivity index (χ2v) is 8.86. The fourth-order valence-electron chi connectivity index (χ4n) is 3.89. The lowest BCUT2D eigenvalue weighted by Crippen LogP contribution is -2.46. The van der Waals surface area contributed by atoms with E-state index in [-0.39, 0.29) is 18.1 Å². The topological polar surface area (TPSA) is 82.0 Å². The maximum Gasteiger partial charge on any atom is 0.407 e. The van der Waals surface area contributed by atoms with Crippen LogP contribution in [-0.2, 0) is 16.0 Å². The summed E-state index contributed by atoms with van der Waals surface area (Å²) in [5.74, 6) is 0.396. The highest BCUT2D eigenvalue weighted by Crippen LogP contribution is 2.25. The number of nitrogens with zero attached hydrogens (tertiary/aromatic N) is 2. The van der Waals surface area contributed by atoms with Gasteiger partial charge >= 0.3 is 12.1 Å². The molecule has 1 saturated heterocycles. The lowest BCUT2D eigenvalue weighted by atomic mass is 10.1. The van der Waals surface area contributed by atoms with Gasteiger partial charge in [0, 0.05) is 43.7 Å². The minimum absolute atomic E-state index is 0.119. The highest BCUT2D eigenvalue weighted by molar-refractivity contribution is 5.96. The highest BCUT2D eigenvalue weighted by Gasteiger charge is 2.24. The van der Waals surface area contributed by atoms with Gasteiger partial charge in [-0.05, 0) is 51.8 Å². The van der Waals surface area contributed by atoms with Crippen molar-refractivity contribution in [2.24, 2.45) is 0 Å². The molecule has 1 aromatic carbocycles. The monoisotopic (exact) mass is 431 g/mol. The van der Waals surface area contributed by atoms with Crippen LogP contribution >= 0.6 is 0 Å². The summed E-state index contributed by atoms with van der Waals surface area (Å²) >= 11 is 0. The van der Waals surface area contributed by atoms with Crippen LogP contribution in [0.25, 0.3) is 10.9 Å². The lowest BCUT2D eigenvalue weighted by molar-refractivity contribution is 0.0478. The van der Waals surface area contributed by atoms with E-state index in [0.29, 0.717) is 12.2 Å². The summed E-state index contributed by atoms with van der Waals surface area (Å²) in [6.45, 7) is 8.78. The first kappa shape index (κ1) is 22.9. The van der Waals surface area contributed by atoms with Gasteiger partial charge in [0.15, 0.2) is 0 Å². The zero-order chi connectivity index (χ0) is 22.6. The van der Waals surface area contributed by atoms with Gasteiger partial charge in [-0.15, -0.1) is 0 Å². The first-order valence-corrected chi connectivity index (χ1v) is 10.7. The van der Waals surface area contributed by atoms with Gasteiger partial charge in [0.2, 0.25) is 0 Å². The fraction of sp³-hybridized carbons (Fsp3) is 0.565. The fourth-order valence-corrected chi connectivity index (χ4v) is 3.89. The van der Waals surface area contributed by atoms with Crippen LogP contribution in [0.2, 0.25) is 0 Å². The third-order valence-electron chi connectivity index (χ3n) is 5.45. The number of esters is 1. The number of ether oxygens (including phenoxy) is 3. The largest absolute Gasteiger partial charge is 0.497 e. The molecule has 1 aliphatic heterocycles. The van der Waals surface area contributed by atoms with Crippen molar-refractivity contribution >= 4 is 23.0 Å². The number of amides is 1. The molecule has 31 heavy (non-hydrogen) atoms. The lowest BCUT2D eigenvalue weighted by Gasteiger charge is -2.33. The average Bonchev–Trinajstić information content (AvgIpc) is 3.09. The maximum absolute atomic E-state index is 12.3. The molecule has 0 atom stereocenters. The third-order valence-corrected chi connectivity index (χ3v) is 5.45. The van der Waals surface area contributed by atoms with Crippen molar-refractivity contribution in [2.45, 2.75) is 51.8 Å². The zero-order valence-electron chi connectivity index (χ0n) is 19.1. The number of piperidine rings is 1. The van der Waals surface area contributed by atoms with Gasteiger partial charge in [-0.1, -0.05) is 0 Å². The molecule has 1 aromatic heterocycles. The summed E-state index contributed by atoms with van der Waals surface area (Å²) in [5, 5.41) is 3.94. The number of hydrogen-bond donors (Lipinski definition) is 1. The molecule has 1 N–H and O–H groups in total. The predicted octanol–water partition coefficient (Wildman–Crippen LogP) is 3.43. The van der Waals surface area contributed by atoms with Gasteiger partial charge in [-0.3, -0.25) is 0 Å². The third kappa shape index (κ3) is 5.91. The van der Waals surface area contributed by atoms with E-state index in [4.69, 9.17) is 14.2 Å². The Balaban J connectivity index is 1.61. The first-order valence-electron chi connectivity index (χ1n) is 10.7. The van der Waals surface area contributed by atoms with Crippen LogP contribution in [0.15, 0.2) is 24.3 Å². The summed E-state index contributed by atoms with van der Waals surface area (Å²) < 4.78 is 17.7. The first-order chi connectivity index (χ1) is 14.7. The Morgan fingerprint density at radius 2 is 1.81 bits per heavy atom. The van der Waals surface area contributed by atoms with Gasteiger partial charge < -0.3 is 29.0 Å². The van der Waals surface area contributed by atoms with Crippen LogP contribution in [0.4, 0.5) is 4.79 Å². The molecule has 1 amide bonds. The van der Waals surface area contributed by atoms with E-state index < -0.39 is 5.60 Å². The molecule has 8 heteroatoms. The molecule has 0 bridgehead atoms. The van der Waals surface area contributed by atoms with E-state index in [1.807, 2.05) is 49.6 Å². The Hall–Kier alpha value is -2.74. The molecule has 170 valence electrons. The van der Waals surface area contributed by atoms with Crippen LogP contribution in [-0.4, -0.2) is 67.0 Å². The Bertz CT molecular complexity index is 923. The van der Waals surface area contributed by atoms with Gasteiger partial charge in [0.25, 0.3) is 0 Å². The number of likely N-dealkylation sites (tertiary alicyclic amines) is 1. The van der Waals surface area contributed by atoms with E-state index in [9.17, 15) is 9.59 Å². The van der Waals surface area contributed by atoms with Crippen molar-refractivity contribution in [3.63, 3.8) is 0 Å². The van der Waals surface area contributed by atoms with Gasteiger partial charge in [0.1, 0.15) is 17.0 Å². The molecule has 0 radical (unpaired) electrons. The predicted molar refractivity (Wildman–Crippen MR) is 119 cm³/mol. The van der Waals surface area contributed by atoms with Crippen LogP contribution in [0.1, 0.15) is 44.1 Å². The number of carbonyl (C=O) groups is 2. The minimum atomic E-state index is -0.496. The van der Waals surface area contributed by atoms with E-state index in [0.717, 1.165) is 49.1 Å². The maximum atomic E-state index is 12.3. The summed E-state index contributed by atoms with van der Waals surface area (Å²) in [5.41, 5.74) is 0.984. The van der Waals surface area contributed by atoms with Gasteiger partial charge in [0.05, 0.1) is 19.7 Å². The standard InChI is InChI=1S/C23H33N3O5/c1-23(2,3)31-22(28)24-17-8-10-25(11-9-17)12-13-26-19-15-18(29-4)7-6-16(19)14-20(26)21(27)30-5/h6-7,14-15,17H,8-13H2,1-5H3,(H,24,28). The van der Waals surface area contributed by atoms with Crippen molar-refractivity contribution in [3.05, 3.63) is 30.0 Å². The van der Waals surface area contributed by atoms with Crippen molar-refractivity contribution in [1.29, 1.82) is 0 Å². The Morgan fingerprint density at radius 3 is 2.42 bits per heavy atom. The SMILES string of the molecule is COC(=O)c1cc2ccc(OC)cc2n1CCN1CCC(NC(=O)OC(C)(C)C)CC1. The quantitative estimate of drug-likeness (QED) is 0.706. The number of nitrogens with one attached hydrogen (secondary N) is 1. The summed E-state index contributed by atoms with van der Waals surface area (Å²) in [7, 11) is 3.03. The molecule has 0 unspecified atom stereocenters. The molecule has 3 rings (SSSR count). The smallest absolute Gasteiger partial charge is 0.407 e. The van der Waals surface area contributed by atoms with E-state index in [1.54, 1.807) is 7.11 Å². The summed E-state index contributed by atoms with van der Waals surface area (Å²) in [4.78, 5) is 26.7. The van der Waals surface area contributed by atoms with E-state index >= 15 is 0 Å². The number of rotatable bonds is 6. The molecule has 0 spiro atoms. The van der Waals surface area contributed by atoms with Gasteiger partial charge in [-0.2, -0.15) is 0 Å².